The predicted octanol–water partition coefficient (Wildman–Crippen LogP) is 2.46. The largest absolute Gasteiger partial charge is 0.493 e. The molecular weight excluding hydrogens is 243 g/mol. The molecule has 1 aliphatic heterocycles. The van der Waals surface area contributed by atoms with Gasteiger partial charge in [0.05, 0.1) is 18.3 Å². The molecule has 1 aromatic carbocycles. The maximum atomic E-state index is 13.9. The van der Waals surface area contributed by atoms with E-state index in [1.807, 2.05) is 18.2 Å². The summed E-state index contributed by atoms with van der Waals surface area (Å²) in [5, 5.41) is 3.12. The molecule has 19 heavy (non-hydrogen) atoms. The van der Waals surface area contributed by atoms with Gasteiger partial charge in [-0.2, -0.15) is 0 Å². The van der Waals surface area contributed by atoms with E-state index in [0.29, 0.717) is 12.3 Å². The summed E-state index contributed by atoms with van der Waals surface area (Å²) < 4.78 is 19.6. The molecule has 98 valence electrons. The Labute approximate surface area is 111 Å². The highest BCUT2D eigenvalue weighted by Crippen LogP contribution is 2.35. The van der Waals surface area contributed by atoms with Crippen LogP contribution in [0, 0.1) is 5.82 Å². The van der Waals surface area contributed by atoms with Gasteiger partial charge in [-0.25, -0.2) is 4.39 Å². The van der Waals surface area contributed by atoms with Gasteiger partial charge in [0, 0.05) is 18.2 Å². The fraction of sp³-hybridized carbons (Fsp3) is 0.267. The average Bonchev–Trinajstić information content (AvgIpc) is 2.91. The van der Waals surface area contributed by atoms with Gasteiger partial charge >= 0.3 is 0 Å². The lowest BCUT2D eigenvalue weighted by Crippen LogP contribution is -2.20. The Hall–Kier alpha value is -1.94. The molecule has 3 rings (SSSR count). The second kappa shape index (κ2) is 4.97. The van der Waals surface area contributed by atoms with Gasteiger partial charge in [0.25, 0.3) is 0 Å². The van der Waals surface area contributed by atoms with Gasteiger partial charge in [0.1, 0.15) is 11.6 Å². The Morgan fingerprint density at radius 2 is 2.21 bits per heavy atom. The smallest absolute Gasteiger partial charge is 0.146 e. The van der Waals surface area contributed by atoms with Gasteiger partial charge in [-0.05, 0) is 24.7 Å². The average molecular weight is 258 g/mol. The molecule has 1 N–H and O–H groups in total. The molecule has 0 fully saturated rings. The van der Waals surface area contributed by atoms with Gasteiger partial charge in [0.2, 0.25) is 0 Å². The lowest BCUT2D eigenvalue weighted by atomic mass is 9.99. The van der Waals surface area contributed by atoms with Crippen molar-refractivity contribution in [3.8, 4) is 5.75 Å². The van der Waals surface area contributed by atoms with Gasteiger partial charge in [-0.1, -0.05) is 18.2 Å². The molecule has 0 spiro atoms. The summed E-state index contributed by atoms with van der Waals surface area (Å²) in [6, 6.07) is 8.71. The molecule has 0 radical (unpaired) electrons. The van der Waals surface area contributed by atoms with Crippen LogP contribution in [0.1, 0.15) is 22.9 Å². The zero-order chi connectivity index (χ0) is 13.2. The first kappa shape index (κ1) is 12.1. The Bertz CT molecular complexity index is 600. The highest BCUT2D eigenvalue weighted by molar-refractivity contribution is 5.47. The van der Waals surface area contributed by atoms with Gasteiger partial charge in [0.15, 0.2) is 0 Å². The number of rotatable bonds is 3. The molecule has 2 aromatic rings. The van der Waals surface area contributed by atoms with Crippen molar-refractivity contribution < 1.29 is 9.13 Å². The summed E-state index contributed by atoms with van der Waals surface area (Å²) in [6.45, 7) is 0.688. The van der Waals surface area contributed by atoms with Gasteiger partial charge in [-0.15, -0.1) is 0 Å². The first-order valence-corrected chi connectivity index (χ1v) is 6.33. The maximum Gasteiger partial charge on any atom is 0.146 e. The normalized spacial score (nSPS) is 14.8. The van der Waals surface area contributed by atoms with Crippen molar-refractivity contribution in [3.05, 3.63) is 59.2 Å². The molecule has 1 aliphatic rings. The SMILES string of the molecule is CNC(c1cccc2c1OCC2)c1ncccc1F. The molecule has 1 aromatic heterocycles. The van der Waals surface area contributed by atoms with E-state index in [0.717, 1.165) is 17.7 Å². The minimum absolute atomic E-state index is 0.297. The van der Waals surface area contributed by atoms with Crippen LogP contribution in [0.15, 0.2) is 36.5 Å². The van der Waals surface area contributed by atoms with Crippen LogP contribution in [0.2, 0.25) is 0 Å². The number of fused-ring (bicyclic) bond motifs is 1. The summed E-state index contributed by atoms with van der Waals surface area (Å²) in [6.07, 6.45) is 2.51. The minimum atomic E-state index is -0.308. The van der Waals surface area contributed by atoms with Crippen molar-refractivity contribution in [2.75, 3.05) is 13.7 Å². The Balaban J connectivity index is 2.09. The summed E-state index contributed by atoms with van der Waals surface area (Å²) in [5.74, 6) is 0.560. The lowest BCUT2D eigenvalue weighted by molar-refractivity contribution is 0.350. The molecule has 0 aliphatic carbocycles. The number of aromatic nitrogens is 1. The number of hydrogen-bond donors (Lipinski definition) is 1. The van der Waals surface area contributed by atoms with E-state index >= 15 is 0 Å². The number of para-hydroxylation sites is 1. The van der Waals surface area contributed by atoms with Crippen molar-refractivity contribution in [1.82, 2.24) is 10.3 Å². The number of pyridine rings is 1. The molecule has 1 atom stereocenters. The van der Waals surface area contributed by atoms with Crippen molar-refractivity contribution in [2.45, 2.75) is 12.5 Å². The second-order valence-corrected chi connectivity index (χ2v) is 4.53. The second-order valence-electron chi connectivity index (χ2n) is 4.53. The summed E-state index contributed by atoms with van der Waals surface area (Å²) >= 11 is 0. The van der Waals surface area contributed by atoms with Crippen LogP contribution in [-0.2, 0) is 6.42 Å². The van der Waals surface area contributed by atoms with Crippen LogP contribution in [0.25, 0.3) is 0 Å². The van der Waals surface area contributed by atoms with E-state index < -0.39 is 0 Å². The number of hydrogen-bond acceptors (Lipinski definition) is 3. The fourth-order valence-corrected chi connectivity index (χ4v) is 2.52. The van der Waals surface area contributed by atoms with Crippen LogP contribution >= 0.6 is 0 Å². The van der Waals surface area contributed by atoms with Crippen LogP contribution < -0.4 is 10.1 Å². The number of nitrogens with one attached hydrogen (secondary N) is 1. The Morgan fingerprint density at radius 3 is 3.00 bits per heavy atom. The van der Waals surface area contributed by atoms with E-state index in [4.69, 9.17) is 4.74 Å². The van der Waals surface area contributed by atoms with E-state index in [-0.39, 0.29) is 11.9 Å². The zero-order valence-electron chi connectivity index (χ0n) is 10.7. The van der Waals surface area contributed by atoms with E-state index in [1.165, 1.54) is 11.6 Å². The number of halogens is 1. The molecule has 0 saturated carbocycles. The predicted molar refractivity (Wildman–Crippen MR) is 70.7 cm³/mol. The highest BCUT2D eigenvalue weighted by Gasteiger charge is 2.24. The number of nitrogens with zero attached hydrogens (tertiary/aromatic N) is 1. The maximum absolute atomic E-state index is 13.9. The molecule has 3 nitrogen and oxygen atoms in total. The third-order valence-corrected chi connectivity index (χ3v) is 3.40. The summed E-state index contributed by atoms with van der Waals surface area (Å²) in [5.41, 5.74) is 2.51. The lowest BCUT2D eigenvalue weighted by Gasteiger charge is -2.19. The molecule has 4 heteroatoms. The van der Waals surface area contributed by atoms with Crippen LogP contribution in [0.3, 0.4) is 0 Å². The Kier molecular flexibility index (Phi) is 3.17. The number of ether oxygens (including phenoxy) is 1. The topological polar surface area (TPSA) is 34.1 Å². The summed E-state index contributed by atoms with van der Waals surface area (Å²) in [4.78, 5) is 4.16. The van der Waals surface area contributed by atoms with E-state index in [2.05, 4.69) is 10.3 Å². The third kappa shape index (κ3) is 2.08. The van der Waals surface area contributed by atoms with Crippen molar-refractivity contribution in [2.24, 2.45) is 0 Å². The molecule has 0 saturated heterocycles. The first-order chi connectivity index (χ1) is 9.31. The molecule has 0 amide bonds. The zero-order valence-corrected chi connectivity index (χ0v) is 10.7. The third-order valence-electron chi connectivity index (χ3n) is 3.40. The molecular formula is C15H15FN2O. The van der Waals surface area contributed by atoms with E-state index in [9.17, 15) is 4.39 Å². The molecule has 0 bridgehead atoms. The van der Waals surface area contributed by atoms with Gasteiger partial charge in [-0.3, -0.25) is 4.98 Å². The first-order valence-electron chi connectivity index (χ1n) is 6.33. The monoisotopic (exact) mass is 258 g/mol. The molecule has 1 unspecified atom stereocenters. The van der Waals surface area contributed by atoms with E-state index in [1.54, 1.807) is 19.3 Å². The van der Waals surface area contributed by atoms with Crippen LogP contribution in [0.4, 0.5) is 4.39 Å². The number of benzene rings is 1. The minimum Gasteiger partial charge on any atom is -0.493 e. The van der Waals surface area contributed by atoms with Crippen molar-refractivity contribution in [3.63, 3.8) is 0 Å². The van der Waals surface area contributed by atoms with Crippen molar-refractivity contribution in [1.29, 1.82) is 0 Å². The van der Waals surface area contributed by atoms with Gasteiger partial charge < -0.3 is 10.1 Å². The fourth-order valence-electron chi connectivity index (χ4n) is 2.52. The standard InChI is InChI=1S/C15H15FN2O/c1-17-13(14-12(16)6-3-8-18-14)11-5-2-4-10-7-9-19-15(10)11/h2-6,8,13,17H,7,9H2,1H3. The highest BCUT2D eigenvalue weighted by atomic mass is 19.1. The Morgan fingerprint density at radius 1 is 1.32 bits per heavy atom. The van der Waals surface area contributed by atoms with Crippen LogP contribution in [-0.4, -0.2) is 18.6 Å². The van der Waals surface area contributed by atoms with Crippen molar-refractivity contribution >= 4 is 0 Å². The summed E-state index contributed by atoms with van der Waals surface area (Å²) in [7, 11) is 1.80. The van der Waals surface area contributed by atoms with Crippen LogP contribution in [0.5, 0.6) is 5.75 Å². The quantitative estimate of drug-likeness (QED) is 0.918. The molecule has 2 heterocycles.